The largest absolute Gasteiger partial charge is 0.506 e. The summed E-state index contributed by atoms with van der Waals surface area (Å²) in [6, 6.07) is 26.8. The summed E-state index contributed by atoms with van der Waals surface area (Å²) in [7, 11) is 0. The van der Waals surface area contributed by atoms with Gasteiger partial charge in [0.05, 0.1) is 34.4 Å². The number of hydrogen-bond acceptors (Lipinski definition) is 9. The van der Waals surface area contributed by atoms with E-state index in [4.69, 9.17) is 21.4 Å². The number of rotatable bonds is 11. The van der Waals surface area contributed by atoms with Gasteiger partial charge in [0.2, 0.25) is 0 Å². The third-order valence-electron chi connectivity index (χ3n) is 8.99. The molecule has 0 radical (unpaired) electrons. The molecule has 0 saturated carbocycles. The normalized spacial score (nSPS) is 13.8. The van der Waals surface area contributed by atoms with Crippen molar-refractivity contribution >= 4 is 52.6 Å². The van der Waals surface area contributed by atoms with Crippen LogP contribution in [0.5, 0.6) is 5.75 Å². The number of morpholine rings is 1. The molecule has 11 nitrogen and oxygen atoms in total. The summed E-state index contributed by atoms with van der Waals surface area (Å²) >= 11 is 9.48. The number of nitrogens with zero attached hydrogens (tertiary/aromatic N) is 6. The molecule has 268 valence electrons. The molecule has 3 aromatic heterocycles. The smallest absolute Gasteiger partial charge is 0.320 e. The Kier molecular flexibility index (Phi) is 10.8. The van der Waals surface area contributed by atoms with E-state index in [1.54, 1.807) is 40.3 Å². The number of aromatic hydroxyl groups is 1. The number of anilines is 1. The zero-order chi connectivity index (χ0) is 36.2. The van der Waals surface area contributed by atoms with Gasteiger partial charge in [-0.2, -0.15) is 16.9 Å². The average Bonchev–Trinajstić information content (AvgIpc) is 3.78. The van der Waals surface area contributed by atoms with Gasteiger partial charge in [0.1, 0.15) is 11.6 Å². The fourth-order valence-electron chi connectivity index (χ4n) is 5.81. The lowest BCUT2D eigenvalue weighted by molar-refractivity contribution is 0.0342. The van der Waals surface area contributed by atoms with Crippen molar-refractivity contribution in [3.63, 3.8) is 0 Å². The van der Waals surface area contributed by atoms with Crippen molar-refractivity contribution in [2.45, 2.75) is 41.5 Å². The molecule has 0 bridgehead atoms. The van der Waals surface area contributed by atoms with Crippen molar-refractivity contribution in [1.29, 1.82) is 0 Å². The van der Waals surface area contributed by atoms with Gasteiger partial charge in [-0.05, 0) is 67.6 Å². The van der Waals surface area contributed by atoms with Crippen molar-refractivity contribution in [2.75, 3.05) is 37.9 Å². The second kappa shape index (κ2) is 15.6. The minimum absolute atomic E-state index is 0.0296. The molecule has 1 aliphatic heterocycles. The predicted octanol–water partition coefficient (Wildman–Crippen LogP) is 7.84. The maximum absolute atomic E-state index is 13.3. The van der Waals surface area contributed by atoms with Gasteiger partial charge >= 0.3 is 6.03 Å². The quantitative estimate of drug-likeness (QED) is 0.121. The van der Waals surface area contributed by atoms with Crippen molar-refractivity contribution in [1.82, 2.24) is 34.6 Å². The number of fused-ring (bicyclic) bond motifs is 1. The van der Waals surface area contributed by atoms with Crippen molar-refractivity contribution in [3.05, 3.63) is 113 Å². The molecule has 2 amide bonds. The maximum atomic E-state index is 13.3. The van der Waals surface area contributed by atoms with Crippen LogP contribution in [0.25, 0.3) is 22.7 Å². The molecule has 6 aromatic rings. The second-order valence-corrected chi connectivity index (χ2v) is 15.8. The molecule has 1 saturated heterocycles. The predicted molar refractivity (Wildman–Crippen MR) is 208 cm³/mol. The minimum atomic E-state index is -0.383. The van der Waals surface area contributed by atoms with Crippen LogP contribution in [0.15, 0.2) is 101 Å². The highest BCUT2D eigenvalue weighted by molar-refractivity contribution is 7.99. The van der Waals surface area contributed by atoms with Gasteiger partial charge < -0.3 is 15.2 Å². The number of nitrogens with one attached hydrogen (secondary N) is 2. The summed E-state index contributed by atoms with van der Waals surface area (Å²) in [6.45, 7) is 8.80. The molecule has 0 aliphatic carbocycles. The summed E-state index contributed by atoms with van der Waals surface area (Å²) in [4.78, 5) is 17.8. The van der Waals surface area contributed by atoms with Crippen LogP contribution in [0.2, 0.25) is 5.02 Å². The van der Waals surface area contributed by atoms with E-state index in [0.717, 1.165) is 70.9 Å². The van der Waals surface area contributed by atoms with Gasteiger partial charge in [-0.1, -0.05) is 65.8 Å². The Morgan fingerprint density at radius 1 is 1.00 bits per heavy atom. The molecular weight excluding hydrogens is 716 g/mol. The number of thioether (sulfide) groups is 1. The molecule has 7 rings (SSSR count). The number of benzene rings is 3. The Balaban J connectivity index is 1.05. The molecule has 3 aromatic carbocycles. The lowest BCUT2D eigenvalue weighted by atomic mass is 10.1. The third kappa shape index (κ3) is 8.08. The maximum Gasteiger partial charge on any atom is 0.320 e. The van der Waals surface area contributed by atoms with Crippen LogP contribution in [-0.2, 0) is 22.6 Å². The van der Waals surface area contributed by atoms with E-state index in [-0.39, 0.29) is 21.6 Å². The van der Waals surface area contributed by atoms with E-state index in [0.29, 0.717) is 18.1 Å². The molecule has 0 unspecified atom stereocenters. The number of pyridine rings is 1. The summed E-state index contributed by atoms with van der Waals surface area (Å²) in [5.74, 6) is 1.22. The third-order valence-corrected chi connectivity index (χ3v) is 11.6. The van der Waals surface area contributed by atoms with Crippen molar-refractivity contribution < 1.29 is 14.6 Å². The number of phenols is 1. The Morgan fingerprint density at radius 2 is 1.79 bits per heavy atom. The first-order valence-electron chi connectivity index (χ1n) is 16.9. The molecule has 1 fully saturated rings. The first kappa shape index (κ1) is 35.9. The van der Waals surface area contributed by atoms with Crippen LogP contribution in [0.4, 0.5) is 10.6 Å². The van der Waals surface area contributed by atoms with Crippen LogP contribution in [-0.4, -0.2) is 73.0 Å². The number of carbonyl (C=O) groups is 1. The van der Waals surface area contributed by atoms with Gasteiger partial charge in [0.25, 0.3) is 0 Å². The van der Waals surface area contributed by atoms with Crippen LogP contribution in [0.3, 0.4) is 0 Å². The Bertz CT molecular complexity index is 2200. The minimum Gasteiger partial charge on any atom is -0.506 e. The number of halogens is 1. The van der Waals surface area contributed by atoms with Gasteiger partial charge in [0.15, 0.2) is 11.5 Å². The van der Waals surface area contributed by atoms with E-state index in [9.17, 15) is 9.90 Å². The summed E-state index contributed by atoms with van der Waals surface area (Å²) in [5, 5.41) is 29.8. The second-order valence-electron chi connectivity index (χ2n) is 12.9. The fraction of sp³-hybridized carbons (Fsp3) is 0.263. The summed E-state index contributed by atoms with van der Waals surface area (Å²) < 4.78 is 8.82. The first-order valence-corrected chi connectivity index (χ1v) is 19.3. The average molecular weight is 755 g/mol. The highest BCUT2D eigenvalue weighted by atomic mass is 35.5. The topological polar surface area (TPSA) is 122 Å². The number of carbonyl (C=O) groups excluding carboxylic acids is 1. The van der Waals surface area contributed by atoms with Crippen molar-refractivity contribution in [3.8, 4) is 22.8 Å². The van der Waals surface area contributed by atoms with Crippen LogP contribution < -0.4 is 10.6 Å². The Labute approximate surface area is 315 Å². The molecule has 1 aliphatic rings. The Morgan fingerprint density at radius 3 is 2.56 bits per heavy atom. The Hall–Kier alpha value is -4.53. The molecule has 0 spiro atoms. The van der Waals surface area contributed by atoms with E-state index in [1.807, 2.05) is 53.1 Å². The van der Waals surface area contributed by atoms with Crippen LogP contribution in [0, 0.1) is 0 Å². The van der Waals surface area contributed by atoms with Crippen LogP contribution in [0.1, 0.15) is 30.7 Å². The molecule has 52 heavy (non-hydrogen) atoms. The van der Waals surface area contributed by atoms with E-state index in [2.05, 4.69) is 70.0 Å². The van der Waals surface area contributed by atoms with Gasteiger partial charge in [-0.3, -0.25) is 14.6 Å². The standard InChI is InChI=1S/C38H39ClN8O3S2/c1-38(2,51-3)33-21-35(47(44-33)28-12-14-31(48)30(39)20-28)41-37(49)40-22-27-6-4-5-7-32(27)52-29-13-15-34-42-43-36(46(34)24-29)26-10-8-25(9-11-26)23-45-16-18-50-19-17-45/h4-15,20-21,24,48H,16-19,22-23H2,1-3H3,(H2,40,41,49). The zero-order valence-corrected chi connectivity index (χ0v) is 31.4. The summed E-state index contributed by atoms with van der Waals surface area (Å²) in [6.07, 6.45) is 4.07. The molecule has 0 atom stereocenters. The lowest BCUT2D eigenvalue weighted by Gasteiger charge is -2.26. The number of phenolic OH excluding ortho intramolecular Hbond substituents is 1. The molecule has 3 N–H and O–H groups in total. The monoisotopic (exact) mass is 754 g/mol. The van der Waals surface area contributed by atoms with Crippen LogP contribution >= 0.6 is 35.1 Å². The van der Waals surface area contributed by atoms with Gasteiger partial charge in [0, 0.05) is 53.8 Å². The highest BCUT2D eigenvalue weighted by Gasteiger charge is 2.25. The zero-order valence-electron chi connectivity index (χ0n) is 29.0. The number of ether oxygens (including phenoxy) is 1. The number of aromatic nitrogens is 5. The summed E-state index contributed by atoms with van der Waals surface area (Å²) in [5.41, 5.74) is 5.38. The first-order chi connectivity index (χ1) is 25.2. The SMILES string of the molecule is CSC(C)(C)c1cc(NC(=O)NCc2ccccc2Sc2ccc3nnc(-c4ccc(CN5CCOCC5)cc4)n3c2)n(-c2ccc(O)c(Cl)c2)n1. The number of hydrogen-bond donors (Lipinski definition) is 3. The lowest BCUT2D eigenvalue weighted by Crippen LogP contribution is -2.35. The molecule has 4 heterocycles. The molecular formula is C38H39ClN8O3S2. The van der Waals surface area contributed by atoms with Gasteiger partial charge in [-0.15, -0.1) is 10.2 Å². The van der Waals surface area contributed by atoms with E-state index < -0.39 is 0 Å². The van der Waals surface area contributed by atoms with Crippen molar-refractivity contribution in [2.24, 2.45) is 0 Å². The number of amides is 2. The van der Waals surface area contributed by atoms with E-state index >= 15 is 0 Å². The molecule has 14 heteroatoms. The number of urea groups is 1. The highest BCUT2D eigenvalue weighted by Crippen LogP contribution is 2.36. The fourth-order valence-corrected chi connectivity index (χ4v) is 7.26. The van der Waals surface area contributed by atoms with Gasteiger partial charge in [-0.25, -0.2) is 9.48 Å². The van der Waals surface area contributed by atoms with E-state index in [1.165, 1.54) is 11.6 Å².